The number of benzene rings is 2. The van der Waals surface area contributed by atoms with E-state index in [-0.39, 0.29) is 23.2 Å². The number of aliphatic hydroxyl groups is 1. The Kier molecular flexibility index (Phi) is 4.94. The van der Waals surface area contributed by atoms with E-state index < -0.39 is 18.0 Å². The third-order valence-corrected chi connectivity index (χ3v) is 5.31. The molecule has 1 unspecified atom stereocenters. The molecule has 3 aromatic rings. The molecule has 0 aliphatic carbocycles. The van der Waals surface area contributed by atoms with Crippen molar-refractivity contribution in [2.45, 2.75) is 25.6 Å². The predicted octanol–water partition coefficient (Wildman–Crippen LogP) is 3.23. The highest BCUT2D eigenvalue weighted by molar-refractivity contribution is 6.33. The number of aliphatic hydroxyl groups excluding tert-OH is 1. The molecule has 3 N–H and O–H groups in total. The number of nitrogens with two attached hydrogens (primary N) is 1. The smallest absolute Gasteiger partial charge is 0.267 e. The van der Waals surface area contributed by atoms with Crippen LogP contribution in [-0.2, 0) is 11.3 Å². The minimum Gasteiger partial charge on any atom is -0.373 e. The van der Waals surface area contributed by atoms with E-state index in [1.54, 1.807) is 12.1 Å². The highest BCUT2D eigenvalue weighted by atomic mass is 35.5. The number of carbonyl (C=O) groups excluding carboxylic acids is 2. The zero-order valence-electron chi connectivity index (χ0n) is 15.2. The minimum absolute atomic E-state index is 0.0438. The van der Waals surface area contributed by atoms with Crippen molar-refractivity contribution in [2.24, 2.45) is 5.73 Å². The number of pyridine rings is 1. The van der Waals surface area contributed by atoms with Gasteiger partial charge in [0.05, 0.1) is 10.5 Å². The normalized spacial score (nSPS) is 16.6. The fourth-order valence-electron chi connectivity index (χ4n) is 3.54. The summed E-state index contributed by atoms with van der Waals surface area (Å²) in [6.45, 7) is 0.227. The number of primary amides is 1. The van der Waals surface area contributed by atoms with E-state index in [0.717, 1.165) is 5.56 Å². The van der Waals surface area contributed by atoms with Crippen molar-refractivity contribution < 1.29 is 19.1 Å². The molecule has 0 saturated carbocycles. The number of halogens is 2. The van der Waals surface area contributed by atoms with Crippen molar-refractivity contribution >= 4 is 34.3 Å². The number of aromatic nitrogens is 1. The lowest BCUT2D eigenvalue weighted by atomic mass is 9.98. The van der Waals surface area contributed by atoms with Gasteiger partial charge in [0, 0.05) is 30.3 Å². The Bertz CT molecular complexity index is 1150. The van der Waals surface area contributed by atoms with Gasteiger partial charge in [0.2, 0.25) is 5.91 Å². The monoisotopic (exact) mass is 413 g/mol. The molecule has 2 aromatic carbocycles. The topological polar surface area (TPSA) is 96.5 Å². The standard InChI is InChI=1S/C21H17ClFN3O3/c22-16-8-12(23)2-4-13(16)15-9-18(21(24)29)25-17-7-11(1-3-14(15)17)10-26-19(27)5-6-20(26)28/h1-4,7-9,19,27H,5-6,10H2,(H2,24,29). The van der Waals surface area contributed by atoms with E-state index >= 15 is 0 Å². The lowest BCUT2D eigenvalue weighted by Gasteiger charge is -2.20. The first-order valence-corrected chi connectivity index (χ1v) is 9.38. The molecule has 0 radical (unpaired) electrons. The molecule has 29 heavy (non-hydrogen) atoms. The summed E-state index contributed by atoms with van der Waals surface area (Å²) >= 11 is 6.22. The summed E-state index contributed by atoms with van der Waals surface area (Å²) in [4.78, 5) is 29.5. The van der Waals surface area contributed by atoms with E-state index in [4.69, 9.17) is 17.3 Å². The van der Waals surface area contributed by atoms with Crippen molar-refractivity contribution in [1.82, 2.24) is 9.88 Å². The van der Waals surface area contributed by atoms with Crippen LogP contribution in [0.15, 0.2) is 42.5 Å². The average Bonchev–Trinajstić information content (AvgIpc) is 2.99. The SMILES string of the molecule is NC(=O)c1cc(-c2ccc(F)cc2Cl)c2ccc(CN3C(=O)CCC3O)cc2n1. The van der Waals surface area contributed by atoms with E-state index in [0.29, 0.717) is 34.9 Å². The van der Waals surface area contributed by atoms with Gasteiger partial charge in [-0.25, -0.2) is 9.37 Å². The lowest BCUT2D eigenvalue weighted by Crippen LogP contribution is -2.32. The van der Waals surface area contributed by atoms with Crippen molar-refractivity contribution in [2.75, 3.05) is 0 Å². The zero-order chi connectivity index (χ0) is 20.7. The third-order valence-electron chi connectivity index (χ3n) is 5.00. The number of fused-ring (bicyclic) bond motifs is 1. The second kappa shape index (κ2) is 7.42. The van der Waals surface area contributed by atoms with Crippen LogP contribution in [0.2, 0.25) is 5.02 Å². The largest absolute Gasteiger partial charge is 0.373 e. The van der Waals surface area contributed by atoms with E-state index in [9.17, 15) is 19.1 Å². The van der Waals surface area contributed by atoms with Crippen LogP contribution in [0.4, 0.5) is 4.39 Å². The molecule has 148 valence electrons. The van der Waals surface area contributed by atoms with Gasteiger partial charge in [0.15, 0.2) is 0 Å². The molecule has 2 heterocycles. The summed E-state index contributed by atoms with van der Waals surface area (Å²) in [7, 11) is 0. The van der Waals surface area contributed by atoms with Crippen LogP contribution < -0.4 is 5.73 Å². The summed E-state index contributed by atoms with van der Waals surface area (Å²) in [6, 6.07) is 10.9. The Hall–Kier alpha value is -3.03. The Morgan fingerprint density at radius 1 is 1.24 bits per heavy atom. The molecule has 4 rings (SSSR count). The number of nitrogens with zero attached hydrogens (tertiary/aromatic N) is 2. The van der Waals surface area contributed by atoms with Crippen molar-refractivity contribution in [3.05, 3.63) is 64.6 Å². The van der Waals surface area contributed by atoms with Gasteiger partial charge in [0.25, 0.3) is 5.91 Å². The van der Waals surface area contributed by atoms with Gasteiger partial charge in [-0.1, -0.05) is 23.7 Å². The van der Waals surface area contributed by atoms with Crippen molar-refractivity contribution in [3.63, 3.8) is 0 Å². The summed E-state index contributed by atoms with van der Waals surface area (Å²) in [5.41, 5.74) is 7.85. The first kappa shape index (κ1) is 19.3. The van der Waals surface area contributed by atoms with Crippen LogP contribution in [0.1, 0.15) is 28.9 Å². The molecule has 6 nitrogen and oxygen atoms in total. The summed E-state index contributed by atoms with van der Waals surface area (Å²) < 4.78 is 13.5. The number of amides is 2. The van der Waals surface area contributed by atoms with Crippen molar-refractivity contribution in [1.29, 1.82) is 0 Å². The fraction of sp³-hybridized carbons (Fsp3) is 0.190. The number of carbonyl (C=O) groups is 2. The summed E-state index contributed by atoms with van der Waals surface area (Å²) in [5, 5.41) is 10.9. The van der Waals surface area contributed by atoms with Crippen LogP contribution in [0.3, 0.4) is 0 Å². The molecule has 1 atom stereocenters. The maximum absolute atomic E-state index is 13.5. The molecule has 8 heteroatoms. The second-order valence-electron chi connectivity index (χ2n) is 6.94. The highest BCUT2D eigenvalue weighted by Crippen LogP contribution is 2.34. The molecule has 0 bridgehead atoms. The number of rotatable bonds is 4. The van der Waals surface area contributed by atoms with Gasteiger partial charge in [0.1, 0.15) is 17.7 Å². The second-order valence-corrected chi connectivity index (χ2v) is 7.34. The Morgan fingerprint density at radius 2 is 2.03 bits per heavy atom. The highest BCUT2D eigenvalue weighted by Gasteiger charge is 2.29. The van der Waals surface area contributed by atoms with Crippen LogP contribution in [0.25, 0.3) is 22.0 Å². The lowest BCUT2D eigenvalue weighted by molar-refractivity contribution is -0.134. The molecule has 2 amide bonds. The summed E-state index contributed by atoms with van der Waals surface area (Å²) in [6.07, 6.45) is -0.0906. The van der Waals surface area contributed by atoms with Crippen molar-refractivity contribution in [3.8, 4) is 11.1 Å². The first-order valence-electron chi connectivity index (χ1n) is 9.00. The molecule has 1 aromatic heterocycles. The average molecular weight is 414 g/mol. The van der Waals surface area contributed by atoms with Crippen LogP contribution in [0.5, 0.6) is 0 Å². The predicted molar refractivity (Wildman–Crippen MR) is 106 cm³/mol. The van der Waals surface area contributed by atoms with Crippen LogP contribution in [-0.4, -0.2) is 33.0 Å². The van der Waals surface area contributed by atoms with Gasteiger partial charge in [-0.05, 0) is 41.5 Å². The molecule has 1 fully saturated rings. The third kappa shape index (κ3) is 3.66. The maximum atomic E-state index is 13.5. The van der Waals surface area contributed by atoms with Crippen LogP contribution >= 0.6 is 11.6 Å². The van der Waals surface area contributed by atoms with E-state index in [1.165, 1.54) is 29.2 Å². The Balaban J connectivity index is 1.84. The molecular formula is C21H17ClFN3O3. The fourth-order valence-corrected chi connectivity index (χ4v) is 3.81. The van der Waals surface area contributed by atoms with Crippen LogP contribution in [0, 0.1) is 5.82 Å². The van der Waals surface area contributed by atoms with Gasteiger partial charge in [-0.15, -0.1) is 0 Å². The number of hydrogen-bond donors (Lipinski definition) is 2. The van der Waals surface area contributed by atoms with Gasteiger partial charge in [-0.2, -0.15) is 0 Å². The first-order chi connectivity index (χ1) is 13.8. The van der Waals surface area contributed by atoms with Gasteiger partial charge >= 0.3 is 0 Å². The van der Waals surface area contributed by atoms with E-state index in [2.05, 4.69) is 4.98 Å². The molecule has 1 aliphatic rings. The van der Waals surface area contributed by atoms with Gasteiger partial charge in [-0.3, -0.25) is 9.59 Å². The van der Waals surface area contributed by atoms with E-state index in [1.807, 2.05) is 6.07 Å². The summed E-state index contributed by atoms with van der Waals surface area (Å²) in [5.74, 6) is -1.29. The number of hydrogen-bond acceptors (Lipinski definition) is 4. The minimum atomic E-state index is -0.809. The molecule has 1 aliphatic heterocycles. The zero-order valence-corrected chi connectivity index (χ0v) is 16.0. The Morgan fingerprint density at radius 3 is 2.69 bits per heavy atom. The number of likely N-dealkylation sites (tertiary alicyclic amines) is 1. The molecular weight excluding hydrogens is 397 g/mol. The van der Waals surface area contributed by atoms with Gasteiger partial charge < -0.3 is 15.7 Å². The Labute approximate surface area is 170 Å². The maximum Gasteiger partial charge on any atom is 0.267 e. The quantitative estimate of drug-likeness (QED) is 0.686. The molecule has 1 saturated heterocycles. The molecule has 0 spiro atoms.